The second kappa shape index (κ2) is 13.9. The van der Waals surface area contributed by atoms with Gasteiger partial charge in [-0.1, -0.05) is 41.5 Å². The van der Waals surface area contributed by atoms with Crippen molar-refractivity contribution in [2.45, 2.75) is 56.6 Å². The zero-order valence-corrected chi connectivity index (χ0v) is 21.9. The van der Waals surface area contributed by atoms with Crippen LogP contribution in [0.25, 0.3) is 0 Å². The molecule has 0 aromatic heterocycles. The summed E-state index contributed by atoms with van der Waals surface area (Å²) in [6, 6.07) is 0. The zero-order valence-electron chi connectivity index (χ0n) is 17.1. The van der Waals surface area contributed by atoms with Crippen molar-refractivity contribution in [3.63, 3.8) is 0 Å². The van der Waals surface area contributed by atoms with Crippen molar-refractivity contribution in [3.05, 3.63) is 0 Å². The second-order valence-corrected chi connectivity index (χ2v) is 10.3. The Labute approximate surface area is 192 Å². The van der Waals surface area contributed by atoms with E-state index < -0.39 is 15.0 Å². The highest BCUT2D eigenvalue weighted by molar-refractivity contribution is 9.09. The molecule has 0 aliphatic heterocycles. The normalized spacial score (nSPS) is 14.9. The van der Waals surface area contributed by atoms with Crippen LogP contribution in [0.4, 0.5) is 0 Å². The van der Waals surface area contributed by atoms with E-state index in [1.807, 2.05) is 4.90 Å². The lowest BCUT2D eigenvalue weighted by molar-refractivity contribution is -0.150. The Bertz CT molecular complexity index is 444. The standard InChI is InChI=1S/C18H30Br3NO6/c1-10(2)16(23)26-13(19)7-22(8-14(20)27-17(24)11(3)4)9-15(21)28-18(25)12(5)6/h10-15H,7-9H2,1-6H3. The topological polar surface area (TPSA) is 82.1 Å². The molecule has 28 heavy (non-hydrogen) atoms. The van der Waals surface area contributed by atoms with Gasteiger partial charge in [-0.3, -0.25) is 19.3 Å². The Morgan fingerprint density at radius 2 is 0.821 bits per heavy atom. The molecule has 3 atom stereocenters. The monoisotopic (exact) mass is 593 g/mol. The molecule has 0 radical (unpaired) electrons. The number of alkyl halides is 3. The van der Waals surface area contributed by atoms with Crippen molar-refractivity contribution >= 4 is 65.7 Å². The van der Waals surface area contributed by atoms with Gasteiger partial charge in [0.15, 0.2) is 15.0 Å². The van der Waals surface area contributed by atoms with Gasteiger partial charge in [-0.15, -0.1) is 0 Å². The first-order chi connectivity index (χ1) is 12.8. The highest BCUT2D eigenvalue weighted by atomic mass is 79.9. The lowest BCUT2D eigenvalue weighted by atomic mass is 10.2. The fourth-order valence-electron chi connectivity index (χ4n) is 1.73. The van der Waals surface area contributed by atoms with Gasteiger partial charge in [-0.2, -0.15) is 0 Å². The molecule has 0 aromatic carbocycles. The molecule has 0 aliphatic rings. The van der Waals surface area contributed by atoms with Crippen LogP contribution in [0, 0.1) is 17.8 Å². The molecule has 0 saturated carbocycles. The molecule has 7 nitrogen and oxygen atoms in total. The molecular formula is C18H30Br3NO6. The van der Waals surface area contributed by atoms with Gasteiger partial charge in [-0.25, -0.2) is 0 Å². The summed E-state index contributed by atoms with van der Waals surface area (Å²) in [5.41, 5.74) is 0. The minimum atomic E-state index is -0.566. The van der Waals surface area contributed by atoms with Crippen molar-refractivity contribution in [1.29, 1.82) is 0 Å². The maximum absolute atomic E-state index is 11.8. The van der Waals surface area contributed by atoms with Crippen molar-refractivity contribution in [1.82, 2.24) is 4.90 Å². The lowest BCUT2D eigenvalue weighted by Crippen LogP contribution is -2.42. The Hall–Kier alpha value is -0.190. The summed E-state index contributed by atoms with van der Waals surface area (Å²) >= 11 is 10.0. The molecule has 0 aliphatic carbocycles. The number of halogens is 3. The third-order valence-electron chi connectivity index (χ3n) is 3.35. The van der Waals surface area contributed by atoms with Crippen LogP contribution in [0.1, 0.15) is 41.5 Å². The molecule has 0 N–H and O–H groups in total. The average molecular weight is 596 g/mol. The van der Waals surface area contributed by atoms with E-state index in [4.69, 9.17) is 14.2 Å². The molecule has 0 aromatic rings. The van der Waals surface area contributed by atoms with Gasteiger partial charge >= 0.3 is 17.9 Å². The van der Waals surface area contributed by atoms with Crippen LogP contribution < -0.4 is 0 Å². The summed E-state index contributed by atoms with van der Waals surface area (Å²) in [4.78, 5) is 37.2. The minimum absolute atomic E-state index is 0.250. The molecule has 0 bridgehead atoms. The lowest BCUT2D eigenvalue weighted by Gasteiger charge is -2.29. The molecule has 0 fully saturated rings. The summed E-state index contributed by atoms with van der Waals surface area (Å²) in [6.45, 7) is 11.4. The molecule has 0 heterocycles. The van der Waals surface area contributed by atoms with Crippen molar-refractivity contribution < 1.29 is 28.6 Å². The average Bonchev–Trinajstić information content (AvgIpc) is 2.53. The predicted octanol–water partition coefficient (Wildman–Crippen LogP) is 4.05. The number of carbonyl (C=O) groups excluding carboxylic acids is 3. The Kier molecular flexibility index (Phi) is 13.8. The maximum Gasteiger partial charge on any atom is 0.309 e. The summed E-state index contributed by atoms with van der Waals surface area (Å²) in [5, 5.41) is -1.70. The van der Waals surface area contributed by atoms with Gasteiger partial charge in [0.2, 0.25) is 0 Å². The summed E-state index contributed by atoms with van der Waals surface area (Å²) < 4.78 is 16.0. The third-order valence-corrected chi connectivity index (χ3v) is 4.78. The molecule has 0 rings (SSSR count). The molecule has 10 heteroatoms. The fourth-order valence-corrected chi connectivity index (χ4v) is 3.51. The van der Waals surface area contributed by atoms with E-state index in [1.54, 1.807) is 41.5 Å². The van der Waals surface area contributed by atoms with Gasteiger partial charge in [0.05, 0.1) is 17.8 Å². The predicted molar refractivity (Wildman–Crippen MR) is 117 cm³/mol. The summed E-state index contributed by atoms with van der Waals surface area (Å²) in [6.07, 6.45) is 0. The van der Waals surface area contributed by atoms with E-state index in [1.165, 1.54) is 0 Å². The molecule has 0 amide bonds. The Morgan fingerprint density at radius 3 is 1.00 bits per heavy atom. The number of rotatable bonds is 12. The van der Waals surface area contributed by atoms with Crippen LogP contribution in [0.2, 0.25) is 0 Å². The van der Waals surface area contributed by atoms with Crippen LogP contribution >= 0.6 is 47.8 Å². The number of ether oxygens (including phenoxy) is 3. The van der Waals surface area contributed by atoms with Gasteiger partial charge < -0.3 is 14.2 Å². The molecule has 164 valence electrons. The summed E-state index contributed by atoms with van der Waals surface area (Å²) in [5.74, 6) is -1.73. The highest BCUT2D eigenvalue weighted by Crippen LogP contribution is 2.16. The van der Waals surface area contributed by atoms with Crippen LogP contribution in [0.5, 0.6) is 0 Å². The van der Waals surface area contributed by atoms with E-state index in [9.17, 15) is 14.4 Å². The molecular weight excluding hydrogens is 566 g/mol. The van der Waals surface area contributed by atoms with Crippen molar-refractivity contribution in [2.75, 3.05) is 19.6 Å². The third kappa shape index (κ3) is 12.4. The van der Waals surface area contributed by atoms with Crippen LogP contribution in [0.3, 0.4) is 0 Å². The van der Waals surface area contributed by atoms with E-state index in [0.29, 0.717) is 19.6 Å². The number of hydrogen-bond acceptors (Lipinski definition) is 7. The fraction of sp³-hybridized carbons (Fsp3) is 0.833. The maximum atomic E-state index is 11.8. The van der Waals surface area contributed by atoms with E-state index in [0.717, 1.165) is 0 Å². The van der Waals surface area contributed by atoms with E-state index in [2.05, 4.69) is 47.8 Å². The Balaban J connectivity index is 4.96. The largest absolute Gasteiger partial charge is 0.449 e. The Morgan fingerprint density at radius 1 is 0.607 bits per heavy atom. The molecule has 3 unspecified atom stereocenters. The van der Waals surface area contributed by atoms with Crippen LogP contribution in [-0.4, -0.2) is 57.5 Å². The van der Waals surface area contributed by atoms with Gasteiger partial charge in [0.25, 0.3) is 0 Å². The number of carbonyl (C=O) groups is 3. The number of nitrogens with zero attached hydrogens (tertiary/aromatic N) is 1. The first kappa shape index (κ1) is 27.8. The van der Waals surface area contributed by atoms with Gasteiger partial charge in [0, 0.05) is 19.6 Å². The van der Waals surface area contributed by atoms with Crippen LogP contribution in [0.15, 0.2) is 0 Å². The highest BCUT2D eigenvalue weighted by Gasteiger charge is 2.25. The first-order valence-electron chi connectivity index (χ1n) is 9.09. The SMILES string of the molecule is CC(C)C(=O)OC(Br)CN(CC(Br)OC(=O)C(C)C)CC(Br)OC(=O)C(C)C. The minimum Gasteiger partial charge on any atom is -0.449 e. The van der Waals surface area contributed by atoms with Gasteiger partial charge in [0.1, 0.15) is 0 Å². The van der Waals surface area contributed by atoms with E-state index >= 15 is 0 Å². The zero-order chi connectivity index (χ0) is 22.0. The number of esters is 3. The van der Waals surface area contributed by atoms with Crippen LogP contribution in [-0.2, 0) is 28.6 Å². The molecule has 0 saturated heterocycles. The molecule has 0 spiro atoms. The summed E-state index contributed by atoms with van der Waals surface area (Å²) in [7, 11) is 0. The van der Waals surface area contributed by atoms with Gasteiger partial charge in [-0.05, 0) is 47.8 Å². The van der Waals surface area contributed by atoms with E-state index in [-0.39, 0.29) is 35.7 Å². The number of hydrogen-bond donors (Lipinski definition) is 0. The van der Waals surface area contributed by atoms with Crippen molar-refractivity contribution in [2.24, 2.45) is 17.8 Å². The quantitative estimate of drug-likeness (QED) is 0.191. The second-order valence-electron chi connectivity index (χ2n) is 7.22. The first-order valence-corrected chi connectivity index (χ1v) is 11.8. The van der Waals surface area contributed by atoms with Crippen molar-refractivity contribution in [3.8, 4) is 0 Å². The smallest absolute Gasteiger partial charge is 0.309 e.